The van der Waals surface area contributed by atoms with E-state index in [1.165, 1.54) is 11.9 Å². The SMILES string of the molecule is Cc1ccc(NSCc2c[nH]c3nc(-c4ccccc4)c(-c4cc(Cl)c5ncccc5c4)nc3c2=O)cn1. The Morgan fingerprint density at radius 1 is 0.921 bits per heavy atom. The first-order valence-electron chi connectivity index (χ1n) is 11.9. The van der Waals surface area contributed by atoms with Crippen LogP contribution in [0.3, 0.4) is 0 Å². The molecule has 0 aliphatic carbocycles. The van der Waals surface area contributed by atoms with Crippen LogP contribution < -0.4 is 10.2 Å². The van der Waals surface area contributed by atoms with Gasteiger partial charge in [-0.15, -0.1) is 0 Å². The van der Waals surface area contributed by atoms with Crippen LogP contribution in [0.5, 0.6) is 0 Å². The Labute approximate surface area is 227 Å². The van der Waals surface area contributed by atoms with Gasteiger partial charge in [0.25, 0.3) is 0 Å². The number of H-pyrrole nitrogens is 1. The van der Waals surface area contributed by atoms with Crippen LogP contribution in [0.4, 0.5) is 5.69 Å². The minimum absolute atomic E-state index is 0.169. The lowest BCUT2D eigenvalue weighted by Gasteiger charge is -2.12. The van der Waals surface area contributed by atoms with Crippen molar-refractivity contribution in [1.82, 2.24) is 24.9 Å². The molecule has 0 bridgehead atoms. The summed E-state index contributed by atoms with van der Waals surface area (Å²) < 4.78 is 3.23. The predicted molar refractivity (Wildman–Crippen MR) is 155 cm³/mol. The molecule has 4 heterocycles. The quantitative estimate of drug-likeness (QED) is 0.225. The van der Waals surface area contributed by atoms with Gasteiger partial charge in [-0.05, 0) is 49.2 Å². The second kappa shape index (κ2) is 10.2. The van der Waals surface area contributed by atoms with Crippen LogP contribution in [0.1, 0.15) is 11.3 Å². The number of anilines is 1. The zero-order chi connectivity index (χ0) is 26.1. The zero-order valence-corrected chi connectivity index (χ0v) is 21.8. The third kappa shape index (κ3) is 4.71. The van der Waals surface area contributed by atoms with Gasteiger partial charge in [0.15, 0.2) is 11.2 Å². The minimum atomic E-state index is -0.169. The molecule has 0 amide bonds. The van der Waals surface area contributed by atoms with Crippen LogP contribution in [0, 0.1) is 6.92 Å². The summed E-state index contributed by atoms with van der Waals surface area (Å²) in [7, 11) is 0. The van der Waals surface area contributed by atoms with Gasteiger partial charge in [0.05, 0.1) is 33.8 Å². The lowest BCUT2D eigenvalue weighted by atomic mass is 10.0. The van der Waals surface area contributed by atoms with Crippen molar-refractivity contribution in [1.29, 1.82) is 0 Å². The van der Waals surface area contributed by atoms with Gasteiger partial charge in [-0.1, -0.05) is 48.0 Å². The summed E-state index contributed by atoms with van der Waals surface area (Å²) in [6.45, 7) is 1.94. The van der Waals surface area contributed by atoms with Crippen LogP contribution in [-0.4, -0.2) is 24.9 Å². The number of rotatable bonds is 6. The molecule has 4 aromatic heterocycles. The lowest BCUT2D eigenvalue weighted by molar-refractivity contribution is 1.18. The van der Waals surface area contributed by atoms with Crippen LogP contribution in [-0.2, 0) is 5.75 Å². The Morgan fingerprint density at radius 3 is 2.58 bits per heavy atom. The number of pyridine rings is 3. The van der Waals surface area contributed by atoms with Crippen molar-refractivity contribution < 1.29 is 0 Å². The summed E-state index contributed by atoms with van der Waals surface area (Å²) in [5.41, 5.74) is 6.52. The minimum Gasteiger partial charge on any atom is -0.344 e. The van der Waals surface area contributed by atoms with E-state index in [9.17, 15) is 4.79 Å². The summed E-state index contributed by atoms with van der Waals surface area (Å²) >= 11 is 8.02. The van der Waals surface area contributed by atoms with E-state index >= 15 is 0 Å². The Balaban J connectivity index is 1.44. The monoisotopic (exact) mass is 536 g/mol. The molecular weight excluding hydrogens is 516 g/mol. The van der Waals surface area contributed by atoms with Crippen molar-refractivity contribution in [3.05, 3.63) is 112 Å². The van der Waals surface area contributed by atoms with Crippen molar-refractivity contribution in [2.75, 3.05) is 4.72 Å². The van der Waals surface area contributed by atoms with Crippen molar-refractivity contribution >= 4 is 51.3 Å². The van der Waals surface area contributed by atoms with E-state index in [1.54, 1.807) is 18.6 Å². The smallest absolute Gasteiger partial charge is 0.213 e. The van der Waals surface area contributed by atoms with Crippen molar-refractivity contribution in [3.8, 4) is 22.5 Å². The summed E-state index contributed by atoms with van der Waals surface area (Å²) in [6.07, 6.45) is 5.18. The molecule has 2 aromatic carbocycles. The predicted octanol–water partition coefficient (Wildman–Crippen LogP) is 6.82. The third-order valence-corrected chi connectivity index (χ3v) is 7.22. The lowest BCUT2D eigenvalue weighted by Crippen LogP contribution is -2.13. The topological polar surface area (TPSA) is 96.5 Å². The summed E-state index contributed by atoms with van der Waals surface area (Å²) in [4.78, 5) is 35.1. The fraction of sp³-hybridized carbons (Fsp3) is 0.0690. The number of halogens is 1. The summed E-state index contributed by atoms with van der Waals surface area (Å²) in [5.74, 6) is 0.435. The number of nitrogens with one attached hydrogen (secondary N) is 2. The molecule has 0 atom stereocenters. The van der Waals surface area contributed by atoms with Crippen LogP contribution in [0.25, 0.3) is 44.6 Å². The maximum absolute atomic E-state index is 13.5. The molecule has 0 aliphatic rings. The van der Waals surface area contributed by atoms with Crippen LogP contribution in [0.2, 0.25) is 5.02 Å². The van der Waals surface area contributed by atoms with Crippen LogP contribution >= 0.6 is 23.5 Å². The molecule has 0 saturated carbocycles. The van der Waals surface area contributed by atoms with E-state index in [4.69, 9.17) is 21.6 Å². The number of fused-ring (bicyclic) bond motifs is 2. The molecule has 186 valence electrons. The third-order valence-electron chi connectivity index (χ3n) is 6.09. The number of benzene rings is 2. The van der Waals surface area contributed by atoms with Crippen molar-refractivity contribution in [2.24, 2.45) is 0 Å². The van der Waals surface area contributed by atoms with E-state index in [0.717, 1.165) is 27.9 Å². The van der Waals surface area contributed by atoms with Gasteiger partial charge in [-0.3, -0.25) is 14.8 Å². The fourth-order valence-electron chi connectivity index (χ4n) is 4.18. The number of aromatic amines is 1. The summed E-state index contributed by atoms with van der Waals surface area (Å²) in [5, 5.41) is 1.39. The molecule has 9 heteroatoms. The number of aromatic nitrogens is 5. The van der Waals surface area contributed by atoms with Gasteiger partial charge in [-0.25, -0.2) is 9.97 Å². The number of nitrogens with zero attached hydrogens (tertiary/aromatic N) is 4. The molecule has 7 nitrogen and oxygen atoms in total. The Morgan fingerprint density at radius 2 is 1.76 bits per heavy atom. The van der Waals surface area contributed by atoms with Gasteiger partial charge < -0.3 is 9.71 Å². The van der Waals surface area contributed by atoms with Gasteiger partial charge in [0, 0.05) is 45.9 Å². The first kappa shape index (κ1) is 24.1. The van der Waals surface area contributed by atoms with E-state index in [1.807, 2.05) is 73.7 Å². The molecule has 2 N–H and O–H groups in total. The number of hydrogen-bond donors (Lipinski definition) is 2. The molecular formula is C29H21ClN6OS. The zero-order valence-electron chi connectivity index (χ0n) is 20.3. The van der Waals surface area contributed by atoms with E-state index < -0.39 is 0 Å². The van der Waals surface area contributed by atoms with Gasteiger partial charge in [0.1, 0.15) is 0 Å². The average Bonchev–Trinajstić information content (AvgIpc) is 2.95. The largest absolute Gasteiger partial charge is 0.344 e. The highest BCUT2D eigenvalue weighted by atomic mass is 35.5. The number of aryl methyl sites for hydroxylation is 1. The maximum Gasteiger partial charge on any atom is 0.213 e. The Kier molecular flexibility index (Phi) is 6.49. The van der Waals surface area contributed by atoms with Gasteiger partial charge in [0.2, 0.25) is 5.43 Å². The molecule has 6 aromatic rings. The van der Waals surface area contributed by atoms with E-state index in [2.05, 4.69) is 19.7 Å². The van der Waals surface area contributed by atoms with Gasteiger partial charge in [-0.2, -0.15) is 0 Å². The normalized spacial score (nSPS) is 11.2. The van der Waals surface area contributed by atoms with Gasteiger partial charge >= 0.3 is 0 Å². The van der Waals surface area contributed by atoms with E-state index in [-0.39, 0.29) is 10.9 Å². The molecule has 38 heavy (non-hydrogen) atoms. The van der Waals surface area contributed by atoms with Crippen molar-refractivity contribution in [2.45, 2.75) is 12.7 Å². The second-order valence-electron chi connectivity index (χ2n) is 8.74. The Hall–Kier alpha value is -4.27. The maximum atomic E-state index is 13.5. The standard InChI is InChI=1S/C29H21ClN6OS/c1-17-9-10-22(15-32-17)36-38-16-21-14-33-29-27(28(21)37)34-26(25(35-29)18-6-3-2-4-7-18)20-12-19-8-5-11-31-24(19)23(30)13-20/h2-15,36H,16H2,1H3,(H,33,35,37). The van der Waals surface area contributed by atoms with E-state index in [0.29, 0.717) is 38.9 Å². The highest BCUT2D eigenvalue weighted by Crippen LogP contribution is 2.34. The highest BCUT2D eigenvalue weighted by molar-refractivity contribution is 7.99. The Bertz CT molecular complexity index is 1840. The molecule has 0 radical (unpaired) electrons. The first-order chi connectivity index (χ1) is 18.6. The number of hydrogen-bond acceptors (Lipinski definition) is 7. The van der Waals surface area contributed by atoms with Crippen molar-refractivity contribution in [3.63, 3.8) is 0 Å². The molecule has 6 rings (SSSR count). The second-order valence-corrected chi connectivity index (χ2v) is 9.93. The molecule has 0 spiro atoms. The molecule has 0 aliphatic heterocycles. The average molecular weight is 537 g/mol. The summed E-state index contributed by atoms with van der Waals surface area (Å²) in [6, 6.07) is 21.3. The van der Waals surface area contributed by atoms with Crippen LogP contribution in [0.15, 0.2) is 90.1 Å². The first-order valence-corrected chi connectivity index (χ1v) is 13.3. The highest BCUT2D eigenvalue weighted by Gasteiger charge is 2.18. The molecule has 0 unspecified atom stereocenters. The molecule has 0 saturated heterocycles. The fourth-order valence-corrected chi connectivity index (χ4v) is 5.19. The molecule has 0 fully saturated rings.